The molecule has 5 rings (SSSR count). The Morgan fingerprint density at radius 2 is 1.57 bits per heavy atom. The van der Waals surface area contributed by atoms with Crippen molar-refractivity contribution in [3.05, 3.63) is 82.5 Å². The highest BCUT2D eigenvalue weighted by Crippen LogP contribution is 2.43. The van der Waals surface area contributed by atoms with Crippen molar-refractivity contribution >= 4 is 35.2 Å². The van der Waals surface area contributed by atoms with E-state index in [1.165, 1.54) is 16.9 Å². The van der Waals surface area contributed by atoms with Crippen LogP contribution in [0.4, 0.5) is 0 Å². The van der Waals surface area contributed by atoms with Gasteiger partial charge in [-0.1, -0.05) is 98.4 Å². The Morgan fingerprint density at radius 3 is 2.12 bits per heavy atom. The standard InChI is InChI=1S/C38H44N2OSi/c1-22(2)29-17-26(38(6,7)8)18-30(23(3)4)34(29)31-19-32(40-21-24(31)5)27-15-16-33(42(9,10)11)35-28-14-12-13-25(20-39)36(28)41-37(27)35/h12-19,21-23H,1-11H3/i5D3. The van der Waals surface area contributed by atoms with Crippen LogP contribution in [-0.4, -0.2) is 13.1 Å². The van der Waals surface area contributed by atoms with E-state index in [1.807, 2.05) is 18.2 Å². The molecule has 0 spiro atoms. The van der Waals surface area contributed by atoms with E-state index >= 15 is 0 Å². The molecule has 42 heavy (non-hydrogen) atoms. The van der Waals surface area contributed by atoms with E-state index in [0.29, 0.717) is 28.0 Å². The summed E-state index contributed by atoms with van der Waals surface area (Å²) in [6.07, 6.45) is 1.53. The first-order chi connectivity index (χ1) is 20.8. The van der Waals surface area contributed by atoms with Crippen LogP contribution in [0.15, 0.2) is 59.1 Å². The smallest absolute Gasteiger partial charge is 0.153 e. The number of nitrogens with zero attached hydrogens (tertiary/aromatic N) is 2. The van der Waals surface area contributed by atoms with E-state index in [0.717, 1.165) is 33.0 Å². The fraction of sp³-hybridized carbons (Fsp3) is 0.368. The molecule has 5 aromatic rings. The van der Waals surface area contributed by atoms with Gasteiger partial charge in [0.15, 0.2) is 5.58 Å². The summed E-state index contributed by atoms with van der Waals surface area (Å²) in [6, 6.07) is 18.7. The van der Waals surface area contributed by atoms with Gasteiger partial charge in [-0.05, 0) is 80.9 Å². The maximum atomic E-state index is 9.89. The molecule has 216 valence electrons. The molecule has 0 aliphatic carbocycles. The van der Waals surface area contributed by atoms with Crippen LogP contribution in [0.25, 0.3) is 44.3 Å². The Labute approximate surface area is 256 Å². The maximum Gasteiger partial charge on any atom is 0.153 e. The van der Waals surface area contributed by atoms with Gasteiger partial charge in [0.05, 0.1) is 19.3 Å². The first-order valence-corrected chi connectivity index (χ1v) is 18.4. The molecule has 2 aromatic heterocycles. The highest BCUT2D eigenvalue weighted by atomic mass is 28.3. The number of pyridine rings is 1. The molecule has 2 heterocycles. The third kappa shape index (κ3) is 5.09. The number of aromatic nitrogens is 1. The summed E-state index contributed by atoms with van der Waals surface area (Å²) >= 11 is 0. The topological polar surface area (TPSA) is 49.8 Å². The summed E-state index contributed by atoms with van der Waals surface area (Å²) in [5.41, 5.74) is 8.53. The van der Waals surface area contributed by atoms with Gasteiger partial charge in [-0.25, -0.2) is 0 Å². The van der Waals surface area contributed by atoms with Crippen molar-refractivity contribution in [1.82, 2.24) is 4.98 Å². The molecule has 0 aliphatic rings. The molecule has 0 unspecified atom stereocenters. The quantitative estimate of drug-likeness (QED) is 0.196. The van der Waals surface area contributed by atoms with Gasteiger partial charge in [-0.3, -0.25) is 4.98 Å². The SMILES string of the molecule is [2H]C([2H])([2H])c1cnc(-c2ccc([Si](C)(C)C)c3c2oc2c(C#N)cccc23)cc1-c1c(C(C)C)cc(C(C)(C)C)cc1C(C)C. The summed E-state index contributed by atoms with van der Waals surface area (Å²) in [5.74, 6) is 0.340. The number of nitriles is 1. The Morgan fingerprint density at radius 1 is 0.905 bits per heavy atom. The molecule has 3 nitrogen and oxygen atoms in total. The molecular formula is C38H44N2OSi. The molecular weight excluding hydrogens is 529 g/mol. The fourth-order valence-electron chi connectivity index (χ4n) is 5.97. The van der Waals surface area contributed by atoms with Crippen LogP contribution < -0.4 is 5.19 Å². The normalized spacial score (nSPS) is 13.9. The minimum Gasteiger partial charge on any atom is -0.454 e. The Balaban J connectivity index is 1.92. The largest absolute Gasteiger partial charge is 0.454 e. The summed E-state index contributed by atoms with van der Waals surface area (Å²) in [4.78, 5) is 4.79. The van der Waals surface area contributed by atoms with Gasteiger partial charge in [-0.2, -0.15) is 5.26 Å². The van der Waals surface area contributed by atoms with E-state index in [4.69, 9.17) is 13.5 Å². The van der Waals surface area contributed by atoms with Crippen LogP contribution in [0.5, 0.6) is 0 Å². The number of benzene rings is 3. The summed E-state index contributed by atoms with van der Waals surface area (Å²) in [5, 5.41) is 13.1. The maximum absolute atomic E-state index is 9.89. The Bertz CT molecular complexity index is 1950. The van der Waals surface area contributed by atoms with Gasteiger partial charge < -0.3 is 4.42 Å². The Hall–Kier alpha value is -3.68. The molecule has 4 heteroatoms. The number of furan rings is 1. The van der Waals surface area contributed by atoms with Crippen LogP contribution in [0.2, 0.25) is 19.6 Å². The van der Waals surface area contributed by atoms with Gasteiger partial charge in [-0.15, -0.1) is 0 Å². The lowest BCUT2D eigenvalue weighted by Gasteiger charge is -2.28. The van der Waals surface area contributed by atoms with E-state index in [9.17, 15) is 5.26 Å². The van der Waals surface area contributed by atoms with Crippen LogP contribution >= 0.6 is 0 Å². The molecule has 0 radical (unpaired) electrons. The zero-order chi connectivity index (χ0) is 33.2. The van der Waals surface area contributed by atoms with Crippen molar-refractivity contribution in [1.29, 1.82) is 5.26 Å². The number of para-hydroxylation sites is 1. The second-order valence-electron chi connectivity index (χ2n) is 14.2. The van der Waals surface area contributed by atoms with E-state index < -0.39 is 14.9 Å². The minimum absolute atomic E-state index is 0.0602. The van der Waals surface area contributed by atoms with Gasteiger partial charge in [0, 0.05) is 26.6 Å². The van der Waals surface area contributed by atoms with E-state index in [1.54, 1.807) is 6.07 Å². The molecule has 0 amide bonds. The predicted octanol–water partition coefficient (Wildman–Crippen LogP) is 10.6. The monoisotopic (exact) mass is 575 g/mol. The highest BCUT2D eigenvalue weighted by molar-refractivity contribution is 6.90. The van der Waals surface area contributed by atoms with Crippen molar-refractivity contribution in [3.8, 4) is 28.5 Å². The van der Waals surface area contributed by atoms with Crippen LogP contribution in [0.3, 0.4) is 0 Å². The van der Waals surface area contributed by atoms with Crippen LogP contribution in [0, 0.1) is 18.2 Å². The van der Waals surface area contributed by atoms with Gasteiger partial charge in [0.2, 0.25) is 0 Å². The van der Waals surface area contributed by atoms with Gasteiger partial charge in [0.25, 0.3) is 0 Å². The van der Waals surface area contributed by atoms with Crippen LogP contribution in [0.1, 0.15) is 92.2 Å². The van der Waals surface area contributed by atoms with Crippen molar-refractivity contribution in [2.75, 3.05) is 0 Å². The van der Waals surface area contributed by atoms with Crippen molar-refractivity contribution in [2.24, 2.45) is 0 Å². The first-order valence-electron chi connectivity index (χ1n) is 16.4. The van der Waals surface area contributed by atoms with Gasteiger partial charge in [0.1, 0.15) is 11.7 Å². The Kier molecular flexibility index (Phi) is 6.52. The average molecular weight is 576 g/mol. The average Bonchev–Trinajstić information content (AvgIpc) is 3.33. The molecule has 0 saturated carbocycles. The summed E-state index contributed by atoms with van der Waals surface area (Å²) < 4.78 is 32.2. The summed E-state index contributed by atoms with van der Waals surface area (Å²) in [6.45, 7) is 19.9. The molecule has 0 aliphatic heterocycles. The minimum atomic E-state index is -2.36. The molecule has 0 N–H and O–H groups in total. The second kappa shape index (κ2) is 10.5. The lowest BCUT2D eigenvalue weighted by atomic mass is 9.77. The third-order valence-electron chi connectivity index (χ3n) is 8.33. The van der Waals surface area contributed by atoms with Crippen molar-refractivity contribution < 1.29 is 8.53 Å². The molecule has 3 aromatic carbocycles. The number of hydrogen-bond donors (Lipinski definition) is 0. The summed E-state index contributed by atoms with van der Waals surface area (Å²) in [7, 11) is -1.83. The van der Waals surface area contributed by atoms with Crippen molar-refractivity contribution in [3.63, 3.8) is 0 Å². The zero-order valence-electron chi connectivity index (χ0n) is 29.7. The number of hydrogen-bond acceptors (Lipinski definition) is 3. The molecule has 0 bridgehead atoms. The molecule has 0 saturated heterocycles. The first kappa shape index (κ1) is 26.0. The lowest BCUT2D eigenvalue weighted by molar-refractivity contribution is 0.587. The number of aryl methyl sites for hydroxylation is 1. The fourth-order valence-corrected chi connectivity index (χ4v) is 7.55. The van der Waals surface area contributed by atoms with Gasteiger partial charge >= 0.3 is 0 Å². The molecule has 0 atom stereocenters. The predicted molar refractivity (Wildman–Crippen MR) is 182 cm³/mol. The second-order valence-corrected chi connectivity index (χ2v) is 19.3. The zero-order valence-corrected chi connectivity index (χ0v) is 27.7. The number of rotatable bonds is 5. The van der Waals surface area contributed by atoms with E-state index in [2.05, 4.69) is 98.4 Å². The third-order valence-corrected chi connectivity index (χ3v) is 10.4. The van der Waals surface area contributed by atoms with Crippen LogP contribution in [-0.2, 0) is 5.41 Å². The van der Waals surface area contributed by atoms with Crippen molar-refractivity contribution in [2.45, 2.75) is 92.2 Å². The highest BCUT2D eigenvalue weighted by Gasteiger charge is 2.27. The molecule has 0 fully saturated rings. The van der Waals surface area contributed by atoms with E-state index in [-0.39, 0.29) is 22.8 Å². The lowest BCUT2D eigenvalue weighted by Crippen LogP contribution is -2.37. The number of fused-ring (bicyclic) bond motifs is 3.